The first kappa shape index (κ1) is 19.5. The predicted molar refractivity (Wildman–Crippen MR) is 110 cm³/mol. The van der Waals surface area contributed by atoms with Crippen molar-refractivity contribution < 1.29 is 13.6 Å². The number of rotatable bonds is 5. The Balaban J connectivity index is 1.77. The Labute approximate surface area is 170 Å². The van der Waals surface area contributed by atoms with Gasteiger partial charge in [-0.05, 0) is 48.4 Å². The lowest BCUT2D eigenvalue weighted by Crippen LogP contribution is -2.27. The minimum Gasteiger partial charge on any atom is -0.322 e. The highest BCUT2D eigenvalue weighted by Gasteiger charge is 2.18. The SMILES string of the molecule is CCc1cccc(-n2c(=O)c3cccnc3n2CC(=O)Nc2ccc(F)cc2F)c1. The highest BCUT2D eigenvalue weighted by molar-refractivity contribution is 5.91. The summed E-state index contributed by atoms with van der Waals surface area (Å²) in [5.74, 6) is -2.20. The average Bonchev–Trinajstić information content (AvgIpc) is 3.02. The molecule has 0 atom stereocenters. The van der Waals surface area contributed by atoms with E-state index in [1.165, 1.54) is 15.6 Å². The van der Waals surface area contributed by atoms with E-state index in [-0.39, 0.29) is 17.8 Å². The van der Waals surface area contributed by atoms with Crippen LogP contribution in [0.5, 0.6) is 0 Å². The summed E-state index contributed by atoms with van der Waals surface area (Å²) in [6.07, 6.45) is 2.31. The first-order valence-electron chi connectivity index (χ1n) is 9.38. The number of amides is 1. The molecule has 2 heterocycles. The molecule has 0 aliphatic carbocycles. The number of hydrogen-bond acceptors (Lipinski definition) is 3. The molecule has 0 radical (unpaired) electrons. The maximum Gasteiger partial charge on any atom is 0.280 e. The number of benzene rings is 2. The summed E-state index contributed by atoms with van der Waals surface area (Å²) in [5, 5.41) is 2.78. The average molecular weight is 408 g/mol. The number of hydrogen-bond donors (Lipinski definition) is 1. The van der Waals surface area contributed by atoms with Crippen LogP contribution in [0.1, 0.15) is 12.5 Å². The van der Waals surface area contributed by atoms with E-state index < -0.39 is 17.5 Å². The molecular formula is C22H18F2N4O2. The molecule has 6 nitrogen and oxygen atoms in total. The summed E-state index contributed by atoms with van der Waals surface area (Å²) in [4.78, 5) is 30.0. The first-order valence-corrected chi connectivity index (χ1v) is 9.38. The van der Waals surface area contributed by atoms with Gasteiger partial charge in [0.2, 0.25) is 5.91 Å². The second kappa shape index (κ2) is 7.90. The molecule has 0 saturated carbocycles. The van der Waals surface area contributed by atoms with Gasteiger partial charge in [-0.25, -0.2) is 18.4 Å². The molecule has 0 unspecified atom stereocenters. The van der Waals surface area contributed by atoms with Crippen LogP contribution in [0.25, 0.3) is 16.7 Å². The van der Waals surface area contributed by atoms with Gasteiger partial charge in [0.25, 0.3) is 5.56 Å². The zero-order valence-corrected chi connectivity index (χ0v) is 16.1. The summed E-state index contributed by atoms with van der Waals surface area (Å²) in [6, 6.07) is 13.6. The van der Waals surface area contributed by atoms with E-state index in [4.69, 9.17) is 0 Å². The Morgan fingerprint density at radius 3 is 2.70 bits per heavy atom. The number of aromatic nitrogens is 3. The molecule has 2 aromatic heterocycles. The van der Waals surface area contributed by atoms with Crippen LogP contribution in [0.2, 0.25) is 0 Å². The Morgan fingerprint density at radius 2 is 1.93 bits per heavy atom. The van der Waals surface area contributed by atoms with Gasteiger partial charge in [0.1, 0.15) is 18.2 Å². The van der Waals surface area contributed by atoms with Crippen molar-refractivity contribution in [2.24, 2.45) is 0 Å². The van der Waals surface area contributed by atoms with Crippen LogP contribution in [-0.2, 0) is 17.8 Å². The third-order valence-corrected chi connectivity index (χ3v) is 4.76. The minimum atomic E-state index is -0.883. The van der Waals surface area contributed by atoms with Gasteiger partial charge in [-0.3, -0.25) is 14.3 Å². The molecule has 1 amide bonds. The molecule has 0 aliphatic heterocycles. The largest absolute Gasteiger partial charge is 0.322 e. The number of nitrogens with zero attached hydrogens (tertiary/aromatic N) is 3. The van der Waals surface area contributed by atoms with Gasteiger partial charge in [0.15, 0.2) is 5.65 Å². The summed E-state index contributed by atoms with van der Waals surface area (Å²) in [5.41, 5.74) is 1.50. The monoisotopic (exact) mass is 408 g/mol. The molecule has 30 heavy (non-hydrogen) atoms. The smallest absolute Gasteiger partial charge is 0.280 e. The van der Waals surface area contributed by atoms with Crippen LogP contribution in [0.4, 0.5) is 14.5 Å². The highest BCUT2D eigenvalue weighted by atomic mass is 19.1. The van der Waals surface area contributed by atoms with Crippen molar-refractivity contribution >= 4 is 22.6 Å². The molecule has 0 spiro atoms. The first-order chi connectivity index (χ1) is 14.5. The molecule has 0 aliphatic rings. The molecule has 8 heteroatoms. The van der Waals surface area contributed by atoms with Crippen molar-refractivity contribution in [2.45, 2.75) is 19.9 Å². The van der Waals surface area contributed by atoms with Crippen LogP contribution in [0.3, 0.4) is 0 Å². The Bertz CT molecular complexity index is 1310. The zero-order chi connectivity index (χ0) is 21.3. The van der Waals surface area contributed by atoms with Crippen molar-refractivity contribution in [3.05, 3.63) is 88.3 Å². The van der Waals surface area contributed by atoms with Gasteiger partial charge in [-0.2, -0.15) is 0 Å². The van der Waals surface area contributed by atoms with Crippen molar-refractivity contribution in [2.75, 3.05) is 5.32 Å². The van der Waals surface area contributed by atoms with Crippen molar-refractivity contribution in [1.82, 2.24) is 14.3 Å². The predicted octanol–water partition coefficient (Wildman–Crippen LogP) is 3.67. The summed E-state index contributed by atoms with van der Waals surface area (Å²) in [7, 11) is 0. The number of carbonyl (C=O) groups excluding carboxylic acids is 1. The number of pyridine rings is 1. The van der Waals surface area contributed by atoms with Gasteiger partial charge in [-0.15, -0.1) is 0 Å². The van der Waals surface area contributed by atoms with Crippen molar-refractivity contribution in [1.29, 1.82) is 0 Å². The topological polar surface area (TPSA) is 68.9 Å². The maximum atomic E-state index is 13.9. The lowest BCUT2D eigenvalue weighted by Gasteiger charge is -2.13. The summed E-state index contributed by atoms with van der Waals surface area (Å²) in [6.45, 7) is 1.71. The van der Waals surface area contributed by atoms with Gasteiger partial charge >= 0.3 is 0 Å². The number of anilines is 1. The molecule has 2 aromatic carbocycles. The van der Waals surface area contributed by atoms with Crippen LogP contribution in [-0.4, -0.2) is 20.3 Å². The van der Waals surface area contributed by atoms with Crippen LogP contribution >= 0.6 is 0 Å². The number of halogens is 2. The van der Waals surface area contributed by atoms with Crippen LogP contribution in [0, 0.1) is 11.6 Å². The lowest BCUT2D eigenvalue weighted by molar-refractivity contribution is -0.117. The van der Waals surface area contributed by atoms with Crippen molar-refractivity contribution in [3.8, 4) is 5.69 Å². The van der Waals surface area contributed by atoms with E-state index in [9.17, 15) is 18.4 Å². The van der Waals surface area contributed by atoms with Gasteiger partial charge in [0.05, 0.1) is 16.8 Å². The van der Waals surface area contributed by atoms with E-state index in [0.29, 0.717) is 22.8 Å². The van der Waals surface area contributed by atoms with Crippen LogP contribution < -0.4 is 10.9 Å². The second-order valence-electron chi connectivity index (χ2n) is 6.74. The summed E-state index contributed by atoms with van der Waals surface area (Å²) >= 11 is 0. The molecule has 0 bridgehead atoms. The minimum absolute atomic E-state index is 0.146. The molecule has 152 valence electrons. The molecule has 1 N–H and O–H groups in total. The number of fused-ring (bicyclic) bond motifs is 1. The number of carbonyl (C=O) groups is 1. The quantitative estimate of drug-likeness (QED) is 0.548. The van der Waals surface area contributed by atoms with Crippen molar-refractivity contribution in [3.63, 3.8) is 0 Å². The molecular weight excluding hydrogens is 390 g/mol. The third-order valence-electron chi connectivity index (χ3n) is 4.76. The highest BCUT2D eigenvalue weighted by Crippen LogP contribution is 2.17. The van der Waals surface area contributed by atoms with E-state index in [1.807, 2.05) is 25.1 Å². The number of aryl methyl sites for hydroxylation is 1. The molecule has 0 saturated heterocycles. The Kier molecular flexibility index (Phi) is 5.14. The van der Waals surface area contributed by atoms with E-state index >= 15 is 0 Å². The van der Waals surface area contributed by atoms with E-state index in [1.54, 1.807) is 18.2 Å². The fourth-order valence-corrected chi connectivity index (χ4v) is 3.32. The summed E-state index contributed by atoms with van der Waals surface area (Å²) < 4.78 is 29.8. The molecule has 4 rings (SSSR count). The standard InChI is InChI=1S/C22H18F2N4O2/c1-2-14-5-3-6-16(11-14)28-22(30)17-7-4-10-25-21(17)27(28)13-20(29)26-19-9-8-15(23)12-18(19)24/h3-12H,2,13H2,1H3,(H,26,29). The lowest BCUT2D eigenvalue weighted by atomic mass is 10.1. The van der Waals surface area contributed by atoms with E-state index in [2.05, 4.69) is 10.3 Å². The molecule has 0 fully saturated rings. The van der Waals surface area contributed by atoms with Gasteiger partial charge in [-0.1, -0.05) is 19.1 Å². The van der Waals surface area contributed by atoms with Crippen LogP contribution in [0.15, 0.2) is 65.6 Å². The Morgan fingerprint density at radius 1 is 1.10 bits per heavy atom. The normalized spacial score (nSPS) is 11.0. The van der Waals surface area contributed by atoms with E-state index in [0.717, 1.165) is 24.1 Å². The number of nitrogens with one attached hydrogen (secondary N) is 1. The fraction of sp³-hybridized carbons (Fsp3) is 0.136. The maximum absolute atomic E-state index is 13.9. The Hall–Kier alpha value is -3.81. The molecule has 4 aromatic rings. The fourth-order valence-electron chi connectivity index (χ4n) is 3.32. The third kappa shape index (κ3) is 3.59. The second-order valence-corrected chi connectivity index (χ2v) is 6.74. The van der Waals surface area contributed by atoms with Gasteiger partial charge in [0, 0.05) is 12.3 Å². The van der Waals surface area contributed by atoms with Gasteiger partial charge < -0.3 is 5.32 Å². The zero-order valence-electron chi connectivity index (χ0n) is 16.1.